The van der Waals surface area contributed by atoms with Crippen molar-refractivity contribution in [1.82, 2.24) is 0 Å². The predicted octanol–water partition coefficient (Wildman–Crippen LogP) is 4.33. The van der Waals surface area contributed by atoms with Gasteiger partial charge in [0.25, 0.3) is 5.91 Å². The summed E-state index contributed by atoms with van der Waals surface area (Å²) in [5, 5.41) is 2.88. The van der Waals surface area contributed by atoms with E-state index in [1.807, 2.05) is 12.1 Å². The van der Waals surface area contributed by atoms with E-state index in [0.717, 1.165) is 17.7 Å². The molecule has 0 saturated heterocycles. The van der Waals surface area contributed by atoms with Crippen LogP contribution in [0, 0.1) is 5.92 Å². The summed E-state index contributed by atoms with van der Waals surface area (Å²) in [4.78, 5) is 26.2. The van der Waals surface area contributed by atoms with Crippen LogP contribution >= 0.6 is 11.3 Å². The average Bonchev–Trinajstić information content (AvgIpc) is 2.90. The lowest BCUT2D eigenvalue weighted by Crippen LogP contribution is -2.13. The van der Waals surface area contributed by atoms with Gasteiger partial charge in [0.05, 0.1) is 10.6 Å². The topological polar surface area (TPSA) is 46.2 Å². The zero-order chi connectivity index (χ0) is 15.7. The Bertz CT molecular complexity index is 732. The fraction of sp³-hybridized carbons (Fsp3) is 0.333. The summed E-state index contributed by atoms with van der Waals surface area (Å²) in [6, 6.07) is 9.14. The molecule has 1 aromatic carbocycles. The highest BCUT2D eigenvalue weighted by Crippen LogP contribution is 2.32. The molecular formula is C18H19NO2S. The minimum atomic E-state index is -0.124. The molecule has 2 aromatic rings. The van der Waals surface area contributed by atoms with Crippen molar-refractivity contribution in [1.29, 1.82) is 0 Å². The Morgan fingerprint density at radius 3 is 2.82 bits per heavy atom. The number of thiophene rings is 1. The molecular weight excluding hydrogens is 294 g/mol. The van der Waals surface area contributed by atoms with Gasteiger partial charge in [-0.25, -0.2) is 0 Å². The van der Waals surface area contributed by atoms with E-state index in [2.05, 4.69) is 12.2 Å². The Labute approximate surface area is 134 Å². The average molecular weight is 313 g/mol. The molecule has 0 aliphatic heterocycles. The molecule has 1 aliphatic rings. The highest BCUT2D eigenvalue weighted by Gasteiger charge is 2.21. The Balaban J connectivity index is 1.82. The lowest BCUT2D eigenvalue weighted by molar-refractivity contribution is 0.101. The quantitative estimate of drug-likeness (QED) is 0.857. The van der Waals surface area contributed by atoms with Gasteiger partial charge < -0.3 is 5.32 Å². The van der Waals surface area contributed by atoms with Crippen LogP contribution in [0.4, 0.5) is 5.69 Å². The third kappa shape index (κ3) is 2.97. The lowest BCUT2D eigenvalue weighted by Gasteiger charge is -2.16. The van der Waals surface area contributed by atoms with Gasteiger partial charge in [-0.1, -0.05) is 19.1 Å². The molecule has 3 nitrogen and oxygen atoms in total. The molecule has 0 bridgehead atoms. The van der Waals surface area contributed by atoms with E-state index < -0.39 is 0 Å². The highest BCUT2D eigenvalue weighted by molar-refractivity contribution is 7.14. The highest BCUT2D eigenvalue weighted by atomic mass is 32.1. The third-order valence-electron chi connectivity index (χ3n) is 4.11. The van der Waals surface area contributed by atoms with Gasteiger partial charge in [-0.3, -0.25) is 9.59 Å². The summed E-state index contributed by atoms with van der Waals surface area (Å²) < 4.78 is 0. The van der Waals surface area contributed by atoms with Crippen LogP contribution in [0.5, 0.6) is 0 Å². The van der Waals surface area contributed by atoms with Crippen molar-refractivity contribution < 1.29 is 9.59 Å². The molecule has 22 heavy (non-hydrogen) atoms. The first-order valence-corrected chi connectivity index (χ1v) is 8.39. The monoisotopic (exact) mass is 313 g/mol. The summed E-state index contributed by atoms with van der Waals surface area (Å²) >= 11 is 1.58. The third-order valence-corrected chi connectivity index (χ3v) is 5.34. The van der Waals surface area contributed by atoms with Crippen LogP contribution in [-0.2, 0) is 12.8 Å². The maximum atomic E-state index is 12.5. The molecule has 1 aromatic heterocycles. The van der Waals surface area contributed by atoms with Crippen molar-refractivity contribution in [3.8, 4) is 0 Å². The summed E-state index contributed by atoms with van der Waals surface area (Å²) in [6.07, 6.45) is 3.32. The lowest BCUT2D eigenvalue weighted by atomic mass is 9.90. The molecule has 114 valence electrons. The first-order valence-electron chi connectivity index (χ1n) is 7.57. The number of benzene rings is 1. The van der Waals surface area contributed by atoms with E-state index in [1.165, 1.54) is 23.8 Å². The standard InChI is InChI=1S/C18H19NO2S/c1-11-7-8-16-13(9-11)10-17(22-16)18(21)19-15-6-4-3-5-14(15)12(2)20/h3-6,10-11H,7-9H2,1-2H3,(H,19,21). The second-order valence-electron chi connectivity index (χ2n) is 5.96. The Hall–Kier alpha value is -1.94. The SMILES string of the molecule is CC(=O)c1ccccc1NC(=O)c1cc2c(s1)CCC(C)C2. The fourth-order valence-corrected chi connectivity index (χ4v) is 4.00. The number of fused-ring (bicyclic) bond motifs is 1. The predicted molar refractivity (Wildman–Crippen MR) is 89.9 cm³/mol. The van der Waals surface area contributed by atoms with Gasteiger partial charge in [0.15, 0.2) is 5.78 Å². The second kappa shape index (κ2) is 6.05. The van der Waals surface area contributed by atoms with Crippen molar-refractivity contribution in [2.24, 2.45) is 5.92 Å². The van der Waals surface area contributed by atoms with E-state index in [1.54, 1.807) is 29.5 Å². The molecule has 0 spiro atoms. The molecule has 0 radical (unpaired) electrons. The molecule has 0 fully saturated rings. The number of Topliss-reactive ketones (excluding diaryl/α,β-unsaturated/α-hetero) is 1. The van der Waals surface area contributed by atoms with Crippen LogP contribution in [0.15, 0.2) is 30.3 Å². The van der Waals surface area contributed by atoms with Crippen LogP contribution in [0.25, 0.3) is 0 Å². The van der Waals surface area contributed by atoms with Gasteiger partial charge in [-0.05, 0) is 55.9 Å². The van der Waals surface area contributed by atoms with Crippen molar-refractivity contribution in [2.45, 2.75) is 33.1 Å². The Morgan fingerprint density at radius 2 is 2.05 bits per heavy atom. The zero-order valence-electron chi connectivity index (χ0n) is 12.8. The van der Waals surface area contributed by atoms with Gasteiger partial charge in [0.2, 0.25) is 0 Å². The maximum Gasteiger partial charge on any atom is 0.265 e. The molecule has 0 saturated carbocycles. The van der Waals surface area contributed by atoms with Crippen molar-refractivity contribution in [3.63, 3.8) is 0 Å². The molecule has 1 atom stereocenters. The fourth-order valence-electron chi connectivity index (χ4n) is 2.90. The number of para-hydroxylation sites is 1. The van der Waals surface area contributed by atoms with Crippen molar-refractivity contribution in [3.05, 3.63) is 51.2 Å². The maximum absolute atomic E-state index is 12.5. The first-order chi connectivity index (χ1) is 10.5. The van der Waals surface area contributed by atoms with Gasteiger partial charge in [-0.15, -0.1) is 11.3 Å². The molecule has 1 aliphatic carbocycles. The summed E-state index contributed by atoms with van der Waals surface area (Å²) in [7, 11) is 0. The molecule has 3 rings (SSSR count). The van der Waals surface area contributed by atoms with E-state index in [-0.39, 0.29) is 11.7 Å². The number of anilines is 1. The number of carbonyl (C=O) groups is 2. The van der Waals surface area contributed by atoms with E-state index >= 15 is 0 Å². The second-order valence-corrected chi connectivity index (χ2v) is 7.10. The largest absolute Gasteiger partial charge is 0.321 e. The minimum absolute atomic E-state index is 0.0461. The summed E-state index contributed by atoms with van der Waals surface area (Å²) in [5.74, 6) is 0.521. The summed E-state index contributed by atoms with van der Waals surface area (Å²) in [5.41, 5.74) is 2.44. The van der Waals surface area contributed by atoms with E-state index in [0.29, 0.717) is 17.2 Å². The minimum Gasteiger partial charge on any atom is -0.321 e. The van der Waals surface area contributed by atoms with Crippen molar-refractivity contribution >= 4 is 28.7 Å². The molecule has 1 unspecified atom stereocenters. The number of ketones is 1. The van der Waals surface area contributed by atoms with Gasteiger partial charge >= 0.3 is 0 Å². The van der Waals surface area contributed by atoms with Gasteiger partial charge in [0.1, 0.15) is 0 Å². The van der Waals surface area contributed by atoms with Crippen LogP contribution < -0.4 is 5.32 Å². The smallest absolute Gasteiger partial charge is 0.265 e. The number of rotatable bonds is 3. The number of aryl methyl sites for hydroxylation is 1. The van der Waals surface area contributed by atoms with Crippen LogP contribution in [0.1, 0.15) is 50.7 Å². The zero-order valence-corrected chi connectivity index (χ0v) is 13.6. The van der Waals surface area contributed by atoms with Crippen molar-refractivity contribution in [2.75, 3.05) is 5.32 Å². The van der Waals surface area contributed by atoms with E-state index in [9.17, 15) is 9.59 Å². The molecule has 1 amide bonds. The van der Waals surface area contributed by atoms with E-state index in [4.69, 9.17) is 0 Å². The number of carbonyl (C=O) groups excluding carboxylic acids is 2. The summed E-state index contributed by atoms with van der Waals surface area (Å²) in [6.45, 7) is 3.76. The molecule has 1 N–H and O–H groups in total. The molecule has 1 heterocycles. The van der Waals surface area contributed by atoms with Gasteiger partial charge in [0, 0.05) is 10.4 Å². The number of hydrogen-bond acceptors (Lipinski definition) is 3. The number of hydrogen-bond donors (Lipinski definition) is 1. The first kappa shape index (κ1) is 15.0. The molecule has 4 heteroatoms. The number of amides is 1. The van der Waals surface area contributed by atoms with Gasteiger partial charge in [-0.2, -0.15) is 0 Å². The van der Waals surface area contributed by atoms with Crippen LogP contribution in [0.2, 0.25) is 0 Å². The van der Waals surface area contributed by atoms with Crippen LogP contribution in [-0.4, -0.2) is 11.7 Å². The number of nitrogens with one attached hydrogen (secondary N) is 1. The Kier molecular flexibility index (Phi) is 4.12. The normalized spacial score (nSPS) is 16.9. The Morgan fingerprint density at radius 1 is 1.27 bits per heavy atom. The van der Waals surface area contributed by atoms with Crippen LogP contribution in [0.3, 0.4) is 0 Å².